The van der Waals surface area contributed by atoms with E-state index in [1.54, 1.807) is 18.2 Å². The van der Waals surface area contributed by atoms with Gasteiger partial charge in [0.15, 0.2) is 0 Å². The molecule has 0 radical (unpaired) electrons. The van der Waals surface area contributed by atoms with Crippen molar-refractivity contribution in [2.45, 2.75) is 13.3 Å². The van der Waals surface area contributed by atoms with Gasteiger partial charge in [0.05, 0.1) is 10.7 Å². The van der Waals surface area contributed by atoms with Gasteiger partial charge in [-0.3, -0.25) is 0 Å². The summed E-state index contributed by atoms with van der Waals surface area (Å²) in [5, 5.41) is 13.3. The van der Waals surface area contributed by atoms with Crippen LogP contribution in [0.25, 0.3) is 5.69 Å². The Bertz CT molecular complexity index is 566. The Morgan fingerprint density at radius 3 is 2.76 bits per heavy atom. The van der Waals surface area contributed by atoms with E-state index in [1.165, 1.54) is 4.68 Å². The molecule has 0 aliphatic carbocycles. The Kier molecular flexibility index (Phi) is 3.10. The fourth-order valence-corrected chi connectivity index (χ4v) is 1.70. The lowest BCUT2D eigenvalue weighted by Gasteiger charge is -2.05. The third-order valence-corrected chi connectivity index (χ3v) is 2.58. The molecule has 0 saturated heterocycles. The van der Waals surface area contributed by atoms with Crippen LogP contribution in [-0.2, 0) is 6.42 Å². The molecule has 0 fully saturated rings. The first-order valence-electron chi connectivity index (χ1n) is 5.07. The second-order valence-electron chi connectivity index (χ2n) is 3.37. The van der Waals surface area contributed by atoms with Crippen LogP contribution < -0.4 is 0 Å². The number of halogens is 1. The first kappa shape index (κ1) is 11.6. The van der Waals surface area contributed by atoms with Crippen LogP contribution in [0.1, 0.15) is 23.4 Å². The van der Waals surface area contributed by atoms with Crippen molar-refractivity contribution in [3.63, 3.8) is 0 Å². The maximum absolute atomic E-state index is 10.8. The normalized spacial score (nSPS) is 10.5. The van der Waals surface area contributed by atoms with Crippen molar-refractivity contribution in [1.29, 1.82) is 0 Å². The minimum atomic E-state index is -1.15. The molecule has 5 nitrogen and oxygen atoms in total. The second-order valence-corrected chi connectivity index (χ2v) is 3.78. The molecule has 6 heteroatoms. The molecular formula is C11H10ClN3O2. The first-order valence-corrected chi connectivity index (χ1v) is 5.45. The largest absolute Gasteiger partial charge is 0.475 e. The summed E-state index contributed by atoms with van der Waals surface area (Å²) in [5.74, 6) is -0.803. The van der Waals surface area contributed by atoms with E-state index >= 15 is 0 Å². The van der Waals surface area contributed by atoms with Crippen molar-refractivity contribution in [1.82, 2.24) is 14.8 Å². The van der Waals surface area contributed by atoms with E-state index in [1.807, 2.05) is 13.0 Å². The smallest absolute Gasteiger partial charge is 0.375 e. The van der Waals surface area contributed by atoms with Crippen molar-refractivity contribution in [2.24, 2.45) is 0 Å². The van der Waals surface area contributed by atoms with Crippen LogP contribution in [0.5, 0.6) is 0 Å². The molecule has 17 heavy (non-hydrogen) atoms. The number of benzene rings is 1. The summed E-state index contributed by atoms with van der Waals surface area (Å²) in [5.41, 5.74) is 0.631. The number of rotatable bonds is 3. The first-order chi connectivity index (χ1) is 8.13. The van der Waals surface area contributed by atoms with Gasteiger partial charge in [-0.1, -0.05) is 30.7 Å². The quantitative estimate of drug-likeness (QED) is 0.908. The lowest BCUT2D eigenvalue weighted by molar-refractivity contribution is 0.0683. The number of aryl methyl sites for hydroxylation is 1. The minimum Gasteiger partial charge on any atom is -0.475 e. The molecule has 2 rings (SSSR count). The van der Waals surface area contributed by atoms with E-state index in [4.69, 9.17) is 16.7 Å². The number of carbonyl (C=O) groups is 1. The van der Waals surface area contributed by atoms with Crippen LogP contribution in [0, 0.1) is 0 Å². The maximum atomic E-state index is 10.8. The van der Waals surface area contributed by atoms with Gasteiger partial charge in [0.25, 0.3) is 5.82 Å². The maximum Gasteiger partial charge on any atom is 0.375 e. The highest BCUT2D eigenvalue weighted by atomic mass is 35.5. The molecule has 1 aromatic heterocycles. The standard InChI is InChI=1S/C11H10ClN3O2/c1-2-9-13-10(11(16)17)14-15(9)8-6-4-3-5-7(8)12/h3-6H,2H2,1H3,(H,16,17). The van der Waals surface area contributed by atoms with Crippen LogP contribution in [0.2, 0.25) is 5.02 Å². The lowest BCUT2D eigenvalue weighted by atomic mass is 10.3. The fraction of sp³-hybridized carbons (Fsp3) is 0.182. The zero-order valence-corrected chi connectivity index (χ0v) is 9.85. The van der Waals surface area contributed by atoms with Gasteiger partial charge in [0.2, 0.25) is 0 Å². The lowest BCUT2D eigenvalue weighted by Crippen LogP contribution is -2.03. The van der Waals surface area contributed by atoms with Gasteiger partial charge in [-0.05, 0) is 12.1 Å². The van der Waals surface area contributed by atoms with E-state index in [0.717, 1.165) is 0 Å². The molecule has 0 amide bonds. The number of carboxylic acids is 1. The average Bonchev–Trinajstić information content (AvgIpc) is 2.73. The Morgan fingerprint density at radius 2 is 2.18 bits per heavy atom. The van der Waals surface area contributed by atoms with Crippen LogP contribution in [-0.4, -0.2) is 25.8 Å². The third kappa shape index (κ3) is 2.14. The highest BCUT2D eigenvalue weighted by molar-refractivity contribution is 6.32. The van der Waals surface area contributed by atoms with E-state index in [0.29, 0.717) is 23.0 Å². The van der Waals surface area contributed by atoms with Crippen molar-refractivity contribution in [3.8, 4) is 5.69 Å². The topological polar surface area (TPSA) is 68.0 Å². The predicted octanol–water partition coefficient (Wildman–Crippen LogP) is 2.18. The monoisotopic (exact) mass is 251 g/mol. The van der Waals surface area contributed by atoms with Gasteiger partial charge >= 0.3 is 5.97 Å². The van der Waals surface area contributed by atoms with E-state index in [9.17, 15) is 4.79 Å². The zero-order chi connectivity index (χ0) is 12.4. The summed E-state index contributed by atoms with van der Waals surface area (Å²) in [4.78, 5) is 14.8. The molecule has 0 spiro atoms. The highest BCUT2D eigenvalue weighted by Crippen LogP contribution is 2.20. The summed E-state index contributed by atoms with van der Waals surface area (Å²) in [7, 11) is 0. The zero-order valence-electron chi connectivity index (χ0n) is 9.09. The molecule has 0 aliphatic rings. The molecule has 0 unspecified atom stereocenters. The summed E-state index contributed by atoms with van der Waals surface area (Å²) >= 11 is 6.04. The molecule has 0 saturated carbocycles. The Labute approximate surface area is 103 Å². The SMILES string of the molecule is CCc1nc(C(=O)O)nn1-c1ccccc1Cl. The van der Waals surface area contributed by atoms with Gasteiger partial charge in [0, 0.05) is 6.42 Å². The number of hydrogen-bond acceptors (Lipinski definition) is 3. The molecular weight excluding hydrogens is 242 g/mol. The molecule has 0 atom stereocenters. The van der Waals surface area contributed by atoms with Crippen LogP contribution in [0.4, 0.5) is 0 Å². The molecule has 1 heterocycles. The van der Waals surface area contributed by atoms with E-state index in [-0.39, 0.29) is 5.82 Å². The van der Waals surface area contributed by atoms with E-state index < -0.39 is 5.97 Å². The number of nitrogens with zero attached hydrogens (tertiary/aromatic N) is 3. The van der Waals surface area contributed by atoms with Gasteiger partial charge < -0.3 is 5.11 Å². The third-order valence-electron chi connectivity index (χ3n) is 2.26. The molecule has 88 valence electrons. The molecule has 1 aromatic carbocycles. The number of aromatic carboxylic acids is 1. The number of carboxylic acid groups (broad SMARTS) is 1. The van der Waals surface area contributed by atoms with Crippen molar-refractivity contribution >= 4 is 17.6 Å². The molecule has 1 N–H and O–H groups in total. The summed E-state index contributed by atoms with van der Waals surface area (Å²) in [6, 6.07) is 7.09. The summed E-state index contributed by atoms with van der Waals surface area (Å²) in [6.07, 6.45) is 0.575. The van der Waals surface area contributed by atoms with Crippen LogP contribution in [0.15, 0.2) is 24.3 Å². The number of para-hydroxylation sites is 1. The van der Waals surface area contributed by atoms with Crippen LogP contribution >= 0.6 is 11.6 Å². The predicted molar refractivity (Wildman–Crippen MR) is 62.7 cm³/mol. The Hall–Kier alpha value is -1.88. The van der Waals surface area contributed by atoms with Gasteiger partial charge in [-0.25, -0.2) is 14.5 Å². The van der Waals surface area contributed by atoms with Crippen molar-refractivity contribution in [3.05, 3.63) is 40.9 Å². The summed E-state index contributed by atoms with van der Waals surface area (Å²) in [6.45, 7) is 1.88. The van der Waals surface area contributed by atoms with Crippen molar-refractivity contribution in [2.75, 3.05) is 0 Å². The number of hydrogen-bond donors (Lipinski definition) is 1. The molecule has 0 aliphatic heterocycles. The van der Waals surface area contributed by atoms with Crippen LogP contribution in [0.3, 0.4) is 0 Å². The second kappa shape index (κ2) is 4.55. The Balaban J connectivity index is 2.59. The highest BCUT2D eigenvalue weighted by Gasteiger charge is 2.16. The fourth-order valence-electron chi connectivity index (χ4n) is 1.48. The molecule has 2 aromatic rings. The van der Waals surface area contributed by atoms with Crippen molar-refractivity contribution < 1.29 is 9.90 Å². The van der Waals surface area contributed by atoms with Gasteiger partial charge in [0.1, 0.15) is 5.82 Å². The summed E-state index contributed by atoms with van der Waals surface area (Å²) < 4.78 is 1.46. The van der Waals surface area contributed by atoms with E-state index in [2.05, 4.69) is 10.1 Å². The molecule has 0 bridgehead atoms. The minimum absolute atomic E-state index is 0.221. The van der Waals surface area contributed by atoms with Gasteiger partial charge in [-0.2, -0.15) is 0 Å². The van der Waals surface area contributed by atoms with Gasteiger partial charge in [-0.15, -0.1) is 5.10 Å². The Morgan fingerprint density at radius 1 is 1.47 bits per heavy atom. The number of aromatic nitrogens is 3. The average molecular weight is 252 g/mol.